The maximum absolute atomic E-state index is 13.1. The molecule has 27 heavy (non-hydrogen) atoms. The first-order valence-electron chi connectivity index (χ1n) is 7.71. The zero-order valence-corrected chi connectivity index (χ0v) is 17.2. The van der Waals surface area contributed by atoms with Crippen LogP contribution in [0, 0.1) is 5.82 Å². The molecular weight excluding hydrogens is 443 g/mol. The molecule has 0 radical (unpaired) electrons. The minimum absolute atomic E-state index is 0.0180. The van der Waals surface area contributed by atoms with E-state index in [4.69, 9.17) is 9.57 Å². The summed E-state index contributed by atoms with van der Waals surface area (Å²) in [7, 11) is -1.24. The van der Waals surface area contributed by atoms with E-state index in [1.165, 1.54) is 63.5 Å². The molecule has 0 aliphatic carbocycles. The smallest absolute Gasteiger partial charge is 0.265 e. The molecule has 0 saturated carbocycles. The highest BCUT2D eigenvalue weighted by Gasteiger charge is 2.21. The van der Waals surface area contributed by atoms with E-state index < -0.39 is 27.9 Å². The Kier molecular flexibility index (Phi) is 6.93. The molecule has 0 aliphatic heterocycles. The van der Waals surface area contributed by atoms with Crippen molar-refractivity contribution in [1.29, 1.82) is 0 Å². The summed E-state index contributed by atoms with van der Waals surface area (Å²) in [5.74, 6) is -0.556. The van der Waals surface area contributed by atoms with E-state index in [2.05, 4.69) is 21.2 Å². The van der Waals surface area contributed by atoms with E-state index in [1.807, 2.05) is 0 Å². The molecule has 1 unspecified atom stereocenters. The third-order valence-corrected chi connectivity index (χ3v) is 5.90. The Bertz CT molecular complexity index is 921. The van der Waals surface area contributed by atoms with E-state index >= 15 is 0 Å². The van der Waals surface area contributed by atoms with Crippen LogP contribution in [0.2, 0.25) is 0 Å². The number of carbonyl (C=O) groups excluding carboxylic acids is 1. The number of hydrogen-bond donors (Lipinski definition) is 1. The number of nitrogens with one attached hydrogen (secondary N) is 1. The highest BCUT2D eigenvalue weighted by Crippen LogP contribution is 2.26. The lowest BCUT2D eigenvalue weighted by Gasteiger charge is -2.16. The summed E-state index contributed by atoms with van der Waals surface area (Å²) in [5, 5.41) is 2.62. The van der Waals surface area contributed by atoms with E-state index in [9.17, 15) is 17.6 Å². The van der Waals surface area contributed by atoms with Gasteiger partial charge in [0.2, 0.25) is 0 Å². The molecule has 0 aliphatic rings. The first-order valence-corrected chi connectivity index (χ1v) is 9.94. The van der Waals surface area contributed by atoms with Crippen molar-refractivity contribution < 1.29 is 27.2 Å². The number of hydroxylamine groups is 1. The van der Waals surface area contributed by atoms with Crippen LogP contribution in [0.25, 0.3) is 0 Å². The number of halogens is 2. The second kappa shape index (κ2) is 8.79. The van der Waals surface area contributed by atoms with Gasteiger partial charge in [0, 0.05) is 12.7 Å². The van der Waals surface area contributed by atoms with Crippen LogP contribution in [0.4, 0.5) is 10.1 Å². The molecule has 2 aromatic rings. The lowest BCUT2D eigenvalue weighted by molar-refractivity contribution is -0.122. The molecule has 0 bridgehead atoms. The van der Waals surface area contributed by atoms with Gasteiger partial charge in [0.25, 0.3) is 15.9 Å². The predicted octanol–water partition coefficient (Wildman–Crippen LogP) is 3.18. The quantitative estimate of drug-likeness (QED) is 0.641. The van der Waals surface area contributed by atoms with Crippen LogP contribution in [0.5, 0.6) is 5.75 Å². The van der Waals surface area contributed by atoms with Gasteiger partial charge in [-0.25, -0.2) is 12.8 Å². The fourth-order valence-electron chi connectivity index (χ4n) is 2.02. The minimum atomic E-state index is -3.76. The number of nitrogens with zero attached hydrogens (tertiary/aromatic N) is 1. The molecule has 7 nitrogen and oxygen atoms in total. The first kappa shape index (κ1) is 21.3. The molecule has 0 heterocycles. The number of ether oxygens (including phenoxy) is 1. The summed E-state index contributed by atoms with van der Waals surface area (Å²) < 4.78 is 44.0. The lowest BCUT2D eigenvalue weighted by Crippen LogP contribution is -2.30. The van der Waals surface area contributed by atoms with Crippen LogP contribution in [0.1, 0.15) is 6.92 Å². The van der Waals surface area contributed by atoms with Gasteiger partial charge in [0.15, 0.2) is 6.10 Å². The third-order valence-electron chi connectivity index (χ3n) is 3.58. The van der Waals surface area contributed by atoms with Gasteiger partial charge in [-0.2, -0.15) is 0 Å². The molecule has 1 N–H and O–H groups in total. The standard InChI is InChI=1S/C17H18BrFN2O5S/c1-11(26-16-9-4-12(19)10-15(16)18)17(22)20-13-5-7-14(8-6-13)27(23,24)21(2)25-3/h4-11H,1-3H3,(H,20,22). The number of anilines is 1. The molecule has 0 saturated heterocycles. The number of rotatable bonds is 7. The number of amides is 1. The average Bonchev–Trinajstić information content (AvgIpc) is 2.63. The Morgan fingerprint density at radius 3 is 2.41 bits per heavy atom. The minimum Gasteiger partial charge on any atom is -0.480 e. The second-order valence-electron chi connectivity index (χ2n) is 5.45. The molecule has 2 rings (SSSR count). The summed E-state index contributed by atoms with van der Waals surface area (Å²) >= 11 is 3.17. The molecule has 2 aromatic carbocycles. The molecule has 1 atom stereocenters. The molecule has 0 aromatic heterocycles. The Hall–Kier alpha value is -2.01. The SMILES string of the molecule is CON(C)S(=O)(=O)c1ccc(NC(=O)C(C)Oc2ccc(F)cc2Br)cc1. The van der Waals surface area contributed by atoms with Gasteiger partial charge in [-0.1, -0.05) is 4.47 Å². The van der Waals surface area contributed by atoms with Crippen LogP contribution in [-0.4, -0.2) is 39.1 Å². The van der Waals surface area contributed by atoms with Crippen molar-refractivity contribution in [3.63, 3.8) is 0 Å². The highest BCUT2D eigenvalue weighted by molar-refractivity contribution is 9.10. The van der Waals surface area contributed by atoms with Crippen molar-refractivity contribution in [2.24, 2.45) is 0 Å². The normalized spacial score (nSPS) is 12.7. The van der Waals surface area contributed by atoms with E-state index in [0.717, 1.165) is 4.47 Å². The van der Waals surface area contributed by atoms with Crippen molar-refractivity contribution in [3.05, 3.63) is 52.8 Å². The highest BCUT2D eigenvalue weighted by atomic mass is 79.9. The summed E-state index contributed by atoms with van der Waals surface area (Å²) in [4.78, 5) is 17.0. The largest absolute Gasteiger partial charge is 0.480 e. The van der Waals surface area contributed by atoms with Crippen LogP contribution in [0.3, 0.4) is 0 Å². The monoisotopic (exact) mass is 460 g/mol. The second-order valence-corrected chi connectivity index (χ2v) is 8.24. The maximum atomic E-state index is 13.1. The zero-order chi connectivity index (χ0) is 20.2. The van der Waals surface area contributed by atoms with Crippen molar-refractivity contribution >= 4 is 37.5 Å². The molecular formula is C17H18BrFN2O5S. The van der Waals surface area contributed by atoms with Gasteiger partial charge < -0.3 is 10.1 Å². The fraction of sp³-hybridized carbons (Fsp3) is 0.235. The number of sulfonamides is 1. The Balaban J connectivity index is 2.05. The Labute approximate surface area is 165 Å². The first-order chi connectivity index (χ1) is 12.6. The Morgan fingerprint density at radius 1 is 1.22 bits per heavy atom. The zero-order valence-electron chi connectivity index (χ0n) is 14.8. The molecule has 0 spiro atoms. The van der Waals surface area contributed by atoms with E-state index in [0.29, 0.717) is 15.9 Å². The van der Waals surface area contributed by atoms with Crippen LogP contribution < -0.4 is 10.1 Å². The van der Waals surface area contributed by atoms with Crippen LogP contribution in [0.15, 0.2) is 51.8 Å². The fourth-order valence-corrected chi connectivity index (χ4v) is 3.43. The van der Waals surface area contributed by atoms with Crippen molar-refractivity contribution in [1.82, 2.24) is 4.47 Å². The average molecular weight is 461 g/mol. The van der Waals surface area contributed by atoms with Crippen LogP contribution >= 0.6 is 15.9 Å². The van der Waals surface area contributed by atoms with Crippen molar-refractivity contribution in [2.45, 2.75) is 17.9 Å². The number of benzene rings is 2. The van der Waals surface area contributed by atoms with Gasteiger partial charge in [0.05, 0.1) is 16.5 Å². The van der Waals surface area contributed by atoms with Crippen LogP contribution in [-0.2, 0) is 19.7 Å². The van der Waals surface area contributed by atoms with Crippen molar-refractivity contribution in [2.75, 3.05) is 19.5 Å². The number of hydrogen-bond acceptors (Lipinski definition) is 5. The predicted molar refractivity (Wildman–Crippen MR) is 101 cm³/mol. The van der Waals surface area contributed by atoms with Crippen molar-refractivity contribution in [3.8, 4) is 5.75 Å². The third kappa shape index (κ3) is 5.25. The van der Waals surface area contributed by atoms with E-state index in [-0.39, 0.29) is 4.90 Å². The van der Waals surface area contributed by atoms with E-state index in [1.54, 1.807) is 0 Å². The van der Waals surface area contributed by atoms with Gasteiger partial charge in [-0.3, -0.25) is 9.63 Å². The van der Waals surface area contributed by atoms with Gasteiger partial charge in [-0.15, -0.1) is 0 Å². The van der Waals surface area contributed by atoms with Gasteiger partial charge in [-0.05, 0) is 65.3 Å². The number of carbonyl (C=O) groups is 1. The molecule has 1 amide bonds. The lowest BCUT2D eigenvalue weighted by atomic mass is 10.3. The summed E-state index contributed by atoms with van der Waals surface area (Å²) in [5.41, 5.74) is 0.396. The Morgan fingerprint density at radius 2 is 1.85 bits per heavy atom. The summed E-state index contributed by atoms with van der Waals surface area (Å²) in [6.07, 6.45) is -0.866. The van der Waals surface area contributed by atoms with Gasteiger partial charge in [0.1, 0.15) is 11.6 Å². The molecule has 0 fully saturated rings. The summed E-state index contributed by atoms with van der Waals surface area (Å²) in [6, 6.07) is 9.47. The van der Waals surface area contributed by atoms with Gasteiger partial charge >= 0.3 is 0 Å². The topological polar surface area (TPSA) is 84.9 Å². The molecule has 146 valence electrons. The molecule has 10 heteroatoms. The summed E-state index contributed by atoms with van der Waals surface area (Å²) in [6.45, 7) is 1.54. The maximum Gasteiger partial charge on any atom is 0.265 e.